The minimum Gasteiger partial charge on any atom is -0.465 e. The number of ether oxygens (including phenoxy) is 1. The molecule has 90 valence electrons. The van der Waals surface area contributed by atoms with Gasteiger partial charge in [0.2, 0.25) is 0 Å². The molecule has 15 heavy (non-hydrogen) atoms. The van der Waals surface area contributed by atoms with E-state index in [1.54, 1.807) is 0 Å². The van der Waals surface area contributed by atoms with Crippen LogP contribution in [0.25, 0.3) is 0 Å². The Kier molecular flexibility index (Phi) is 8.38. The van der Waals surface area contributed by atoms with Crippen LogP contribution < -0.4 is 5.32 Å². The first-order chi connectivity index (χ1) is 7.15. The largest absolute Gasteiger partial charge is 0.465 e. The van der Waals surface area contributed by atoms with Gasteiger partial charge < -0.3 is 10.1 Å². The predicted octanol–water partition coefficient (Wildman–Crippen LogP) is 2.50. The molecule has 3 nitrogen and oxygen atoms in total. The maximum atomic E-state index is 11.6. The van der Waals surface area contributed by atoms with Crippen molar-refractivity contribution in [1.82, 2.24) is 5.32 Å². The molecule has 0 aliphatic carbocycles. The average molecular weight is 215 g/mol. The second kappa shape index (κ2) is 8.72. The first kappa shape index (κ1) is 14.4. The molecule has 0 radical (unpaired) electrons. The molecule has 0 amide bonds. The molecular weight excluding hydrogens is 190 g/mol. The maximum Gasteiger partial charge on any atom is 0.323 e. The number of carbonyl (C=O) groups excluding carboxylic acids is 1. The highest BCUT2D eigenvalue weighted by atomic mass is 16.5. The lowest BCUT2D eigenvalue weighted by Crippen LogP contribution is -2.42. The van der Waals surface area contributed by atoms with E-state index in [0.717, 1.165) is 25.7 Å². The van der Waals surface area contributed by atoms with E-state index < -0.39 is 0 Å². The lowest BCUT2D eigenvalue weighted by molar-refractivity contribution is -0.146. The van der Waals surface area contributed by atoms with Crippen LogP contribution in [0.5, 0.6) is 0 Å². The molecule has 0 aromatic heterocycles. The summed E-state index contributed by atoms with van der Waals surface area (Å²) in [5.41, 5.74) is 0. The van der Waals surface area contributed by atoms with Gasteiger partial charge in [-0.1, -0.05) is 26.7 Å². The van der Waals surface area contributed by atoms with Crippen LogP contribution in [-0.4, -0.2) is 24.7 Å². The Balaban J connectivity index is 4.10. The van der Waals surface area contributed by atoms with E-state index in [2.05, 4.69) is 26.1 Å². The molecule has 0 aliphatic rings. The Hall–Kier alpha value is -0.570. The van der Waals surface area contributed by atoms with E-state index in [9.17, 15) is 4.79 Å². The summed E-state index contributed by atoms with van der Waals surface area (Å²) in [6.07, 6.45) is 4.08. The lowest BCUT2D eigenvalue weighted by Gasteiger charge is -2.20. The highest BCUT2D eigenvalue weighted by Gasteiger charge is 2.19. The molecule has 3 heteroatoms. The summed E-state index contributed by atoms with van der Waals surface area (Å²) in [5, 5.41) is 3.31. The monoisotopic (exact) mass is 215 g/mol. The minimum atomic E-state index is -0.125. The molecule has 0 bridgehead atoms. The van der Waals surface area contributed by atoms with Crippen molar-refractivity contribution in [2.45, 2.75) is 65.5 Å². The van der Waals surface area contributed by atoms with E-state index in [1.165, 1.54) is 0 Å². The number of esters is 1. The van der Waals surface area contributed by atoms with Gasteiger partial charge in [-0.15, -0.1) is 0 Å². The van der Waals surface area contributed by atoms with Gasteiger partial charge in [-0.25, -0.2) is 0 Å². The molecule has 0 fully saturated rings. The van der Waals surface area contributed by atoms with Crippen molar-refractivity contribution in [2.24, 2.45) is 0 Å². The topological polar surface area (TPSA) is 38.3 Å². The Bertz CT molecular complexity index is 171. The van der Waals surface area contributed by atoms with Gasteiger partial charge in [0.1, 0.15) is 6.04 Å². The van der Waals surface area contributed by atoms with Gasteiger partial charge in [0, 0.05) is 6.04 Å². The molecule has 0 aliphatic heterocycles. The third-order valence-corrected chi connectivity index (χ3v) is 2.52. The van der Waals surface area contributed by atoms with Crippen LogP contribution in [0.15, 0.2) is 0 Å². The van der Waals surface area contributed by atoms with Crippen molar-refractivity contribution >= 4 is 5.97 Å². The maximum absolute atomic E-state index is 11.6. The number of rotatable bonds is 8. The second-order valence-corrected chi connectivity index (χ2v) is 3.92. The molecule has 0 saturated carbocycles. The summed E-state index contributed by atoms with van der Waals surface area (Å²) in [7, 11) is 0. The third kappa shape index (κ3) is 6.50. The Labute approximate surface area is 93.6 Å². The normalized spacial score (nSPS) is 14.7. The Morgan fingerprint density at radius 1 is 1.33 bits per heavy atom. The van der Waals surface area contributed by atoms with Crippen molar-refractivity contribution in [3.8, 4) is 0 Å². The zero-order chi connectivity index (χ0) is 11.7. The zero-order valence-corrected chi connectivity index (χ0v) is 10.5. The van der Waals surface area contributed by atoms with Crippen molar-refractivity contribution in [1.29, 1.82) is 0 Å². The quantitative estimate of drug-likeness (QED) is 0.632. The first-order valence-electron chi connectivity index (χ1n) is 6.08. The van der Waals surface area contributed by atoms with E-state index in [-0.39, 0.29) is 12.0 Å². The van der Waals surface area contributed by atoms with E-state index in [4.69, 9.17) is 4.74 Å². The van der Waals surface area contributed by atoms with Crippen molar-refractivity contribution < 1.29 is 9.53 Å². The second-order valence-electron chi connectivity index (χ2n) is 3.92. The lowest BCUT2D eigenvalue weighted by atomic mass is 10.1. The SMILES string of the molecule is CCCCC(NC(C)CC)C(=O)OCC. The average Bonchev–Trinajstić information content (AvgIpc) is 2.24. The van der Waals surface area contributed by atoms with Gasteiger partial charge >= 0.3 is 5.97 Å². The first-order valence-corrected chi connectivity index (χ1v) is 6.08. The molecule has 0 rings (SSSR count). The van der Waals surface area contributed by atoms with Gasteiger partial charge in [-0.2, -0.15) is 0 Å². The van der Waals surface area contributed by atoms with Crippen LogP contribution in [0.1, 0.15) is 53.4 Å². The zero-order valence-electron chi connectivity index (χ0n) is 10.5. The van der Waals surface area contributed by atoms with Crippen LogP contribution in [0, 0.1) is 0 Å². The van der Waals surface area contributed by atoms with Crippen LogP contribution in [0.2, 0.25) is 0 Å². The van der Waals surface area contributed by atoms with Crippen molar-refractivity contribution in [2.75, 3.05) is 6.61 Å². The third-order valence-electron chi connectivity index (χ3n) is 2.52. The van der Waals surface area contributed by atoms with Crippen LogP contribution in [-0.2, 0) is 9.53 Å². The van der Waals surface area contributed by atoms with Crippen LogP contribution in [0.4, 0.5) is 0 Å². The van der Waals surface area contributed by atoms with Crippen molar-refractivity contribution in [3.05, 3.63) is 0 Å². The molecule has 0 aromatic rings. The Morgan fingerprint density at radius 2 is 2.00 bits per heavy atom. The number of carbonyl (C=O) groups is 1. The molecule has 0 heterocycles. The van der Waals surface area contributed by atoms with E-state index in [1.807, 2.05) is 6.92 Å². The fourth-order valence-corrected chi connectivity index (χ4v) is 1.38. The molecular formula is C12H25NO2. The number of hydrogen-bond acceptors (Lipinski definition) is 3. The standard InChI is InChI=1S/C12H25NO2/c1-5-8-9-11(12(14)15-7-3)13-10(4)6-2/h10-11,13H,5-9H2,1-4H3. The smallest absolute Gasteiger partial charge is 0.323 e. The van der Waals surface area contributed by atoms with Crippen molar-refractivity contribution in [3.63, 3.8) is 0 Å². The summed E-state index contributed by atoms with van der Waals surface area (Å²) >= 11 is 0. The summed E-state index contributed by atoms with van der Waals surface area (Å²) in [5.74, 6) is -0.105. The fraction of sp³-hybridized carbons (Fsp3) is 0.917. The predicted molar refractivity (Wildman–Crippen MR) is 62.8 cm³/mol. The van der Waals surface area contributed by atoms with Gasteiger partial charge in [0.25, 0.3) is 0 Å². The fourth-order valence-electron chi connectivity index (χ4n) is 1.38. The number of hydrogen-bond donors (Lipinski definition) is 1. The van der Waals surface area contributed by atoms with Crippen LogP contribution in [0.3, 0.4) is 0 Å². The summed E-state index contributed by atoms with van der Waals surface area (Å²) in [6, 6.07) is 0.246. The highest BCUT2D eigenvalue weighted by Crippen LogP contribution is 2.05. The molecule has 0 saturated heterocycles. The van der Waals surface area contributed by atoms with Gasteiger partial charge in [-0.3, -0.25) is 4.79 Å². The summed E-state index contributed by atoms with van der Waals surface area (Å²) in [6.45, 7) is 8.64. The number of unbranched alkanes of at least 4 members (excludes halogenated alkanes) is 1. The molecule has 0 spiro atoms. The Morgan fingerprint density at radius 3 is 2.47 bits per heavy atom. The summed E-state index contributed by atoms with van der Waals surface area (Å²) in [4.78, 5) is 11.6. The molecule has 2 unspecified atom stereocenters. The van der Waals surface area contributed by atoms with Crippen LogP contribution >= 0.6 is 0 Å². The molecule has 2 atom stereocenters. The summed E-state index contributed by atoms with van der Waals surface area (Å²) < 4.78 is 5.05. The van der Waals surface area contributed by atoms with Gasteiger partial charge in [0.15, 0.2) is 0 Å². The van der Waals surface area contributed by atoms with Gasteiger partial charge in [-0.05, 0) is 26.7 Å². The van der Waals surface area contributed by atoms with Gasteiger partial charge in [0.05, 0.1) is 6.61 Å². The highest BCUT2D eigenvalue weighted by molar-refractivity contribution is 5.75. The molecule has 0 aromatic carbocycles. The minimum absolute atomic E-state index is 0.105. The van der Waals surface area contributed by atoms with E-state index in [0.29, 0.717) is 12.6 Å². The number of nitrogens with one attached hydrogen (secondary N) is 1. The molecule has 1 N–H and O–H groups in total. The van der Waals surface area contributed by atoms with E-state index >= 15 is 0 Å².